The first-order valence-electron chi connectivity index (χ1n) is 8.84. The van der Waals surface area contributed by atoms with Gasteiger partial charge in [-0.15, -0.1) is 0 Å². The molecule has 1 heterocycles. The number of para-hydroxylation sites is 1. The number of nitrogens with zero attached hydrogens (tertiary/aromatic N) is 1. The van der Waals surface area contributed by atoms with Crippen molar-refractivity contribution in [1.82, 2.24) is 4.90 Å². The van der Waals surface area contributed by atoms with Crippen LogP contribution in [0, 0.1) is 5.92 Å². The average Bonchev–Trinajstić information content (AvgIpc) is 3.17. The quantitative estimate of drug-likeness (QED) is 0.888. The largest absolute Gasteiger partial charge is 0.459 e. The second-order valence-electron chi connectivity index (χ2n) is 6.67. The van der Waals surface area contributed by atoms with Gasteiger partial charge in [0.25, 0.3) is 11.8 Å². The molecular weight excluding hydrogens is 316 g/mol. The minimum absolute atomic E-state index is 0.0686. The van der Waals surface area contributed by atoms with E-state index in [1.807, 2.05) is 13.1 Å². The summed E-state index contributed by atoms with van der Waals surface area (Å²) in [7, 11) is 1.84. The number of amides is 2. The van der Waals surface area contributed by atoms with E-state index in [1.54, 1.807) is 35.2 Å². The van der Waals surface area contributed by atoms with Crippen molar-refractivity contribution >= 4 is 17.5 Å². The minimum atomic E-state index is -0.361. The normalized spacial score (nSPS) is 14.9. The predicted octanol–water partition coefficient (Wildman–Crippen LogP) is 4.18. The van der Waals surface area contributed by atoms with Crippen molar-refractivity contribution in [3.05, 3.63) is 54.0 Å². The van der Waals surface area contributed by atoms with E-state index >= 15 is 0 Å². The molecule has 0 unspecified atom stereocenters. The highest BCUT2D eigenvalue weighted by Crippen LogP contribution is 2.25. The standard InChI is InChI=1S/C20H24N2O3/c1-22(14-15-8-3-2-4-9-15)20(24)16-10-5-6-11-17(16)21-19(23)18-12-7-13-25-18/h5-7,10-13,15H,2-4,8-9,14H2,1H3,(H,21,23). The third kappa shape index (κ3) is 4.29. The van der Waals surface area contributed by atoms with Gasteiger partial charge >= 0.3 is 0 Å². The number of carbonyl (C=O) groups excluding carboxylic acids is 2. The van der Waals surface area contributed by atoms with E-state index in [-0.39, 0.29) is 17.6 Å². The van der Waals surface area contributed by atoms with Crippen LogP contribution >= 0.6 is 0 Å². The van der Waals surface area contributed by atoms with Gasteiger partial charge < -0.3 is 14.6 Å². The molecule has 1 aromatic carbocycles. The third-order valence-electron chi connectivity index (χ3n) is 4.75. The van der Waals surface area contributed by atoms with Gasteiger partial charge in [0.05, 0.1) is 17.5 Å². The maximum absolute atomic E-state index is 12.9. The summed E-state index contributed by atoms with van der Waals surface area (Å²) in [4.78, 5) is 26.8. The molecule has 3 rings (SSSR count). The van der Waals surface area contributed by atoms with Crippen LogP contribution in [0.4, 0.5) is 5.69 Å². The lowest BCUT2D eigenvalue weighted by molar-refractivity contribution is 0.0761. The number of carbonyl (C=O) groups is 2. The second kappa shape index (κ2) is 8.01. The lowest BCUT2D eigenvalue weighted by Crippen LogP contribution is -2.33. The van der Waals surface area contributed by atoms with Crippen molar-refractivity contribution in [2.75, 3.05) is 18.9 Å². The van der Waals surface area contributed by atoms with Crippen molar-refractivity contribution in [2.45, 2.75) is 32.1 Å². The Bertz CT molecular complexity index is 718. The summed E-state index contributed by atoms with van der Waals surface area (Å²) in [5.41, 5.74) is 1.00. The van der Waals surface area contributed by atoms with E-state index in [0.29, 0.717) is 17.2 Å². The zero-order valence-electron chi connectivity index (χ0n) is 14.5. The summed E-state index contributed by atoms with van der Waals surface area (Å²) in [6.45, 7) is 0.763. The summed E-state index contributed by atoms with van der Waals surface area (Å²) >= 11 is 0. The van der Waals surface area contributed by atoms with Crippen molar-refractivity contribution < 1.29 is 14.0 Å². The summed E-state index contributed by atoms with van der Waals surface area (Å²) in [5, 5.41) is 2.77. The Morgan fingerprint density at radius 1 is 1.12 bits per heavy atom. The molecule has 5 heteroatoms. The second-order valence-corrected chi connectivity index (χ2v) is 6.67. The zero-order valence-corrected chi connectivity index (χ0v) is 14.5. The van der Waals surface area contributed by atoms with Gasteiger partial charge in [0.1, 0.15) is 0 Å². The Balaban J connectivity index is 1.70. The summed E-state index contributed by atoms with van der Waals surface area (Å²) in [6.07, 6.45) is 7.63. The van der Waals surface area contributed by atoms with Crippen molar-refractivity contribution in [3.63, 3.8) is 0 Å². The summed E-state index contributed by atoms with van der Waals surface area (Å²) in [6, 6.07) is 10.3. The molecule has 1 aliphatic rings. The molecule has 2 amide bonds. The van der Waals surface area contributed by atoms with Crippen molar-refractivity contribution in [3.8, 4) is 0 Å². The number of rotatable bonds is 5. The van der Waals surface area contributed by atoms with Crippen LogP contribution in [-0.4, -0.2) is 30.3 Å². The fourth-order valence-electron chi connectivity index (χ4n) is 3.42. The van der Waals surface area contributed by atoms with Crippen LogP contribution in [0.25, 0.3) is 0 Å². The van der Waals surface area contributed by atoms with E-state index < -0.39 is 0 Å². The number of benzene rings is 1. The first-order chi connectivity index (χ1) is 12.1. The molecule has 1 fully saturated rings. The molecule has 1 aliphatic carbocycles. The number of furan rings is 1. The number of hydrogen-bond donors (Lipinski definition) is 1. The first kappa shape index (κ1) is 17.3. The van der Waals surface area contributed by atoms with Crippen LogP contribution in [0.5, 0.6) is 0 Å². The van der Waals surface area contributed by atoms with Crippen LogP contribution in [0.15, 0.2) is 47.1 Å². The molecule has 5 nitrogen and oxygen atoms in total. The number of anilines is 1. The highest BCUT2D eigenvalue weighted by atomic mass is 16.3. The van der Waals surface area contributed by atoms with Crippen LogP contribution < -0.4 is 5.32 Å². The number of nitrogens with one attached hydrogen (secondary N) is 1. The van der Waals surface area contributed by atoms with Crippen LogP contribution in [0.1, 0.15) is 53.0 Å². The number of hydrogen-bond acceptors (Lipinski definition) is 3. The Morgan fingerprint density at radius 2 is 1.88 bits per heavy atom. The zero-order chi connectivity index (χ0) is 17.6. The molecule has 1 aromatic heterocycles. The monoisotopic (exact) mass is 340 g/mol. The van der Waals surface area contributed by atoms with E-state index in [0.717, 1.165) is 6.54 Å². The topological polar surface area (TPSA) is 62.6 Å². The lowest BCUT2D eigenvalue weighted by Gasteiger charge is -2.27. The van der Waals surface area contributed by atoms with E-state index in [1.165, 1.54) is 38.4 Å². The molecule has 0 aliphatic heterocycles. The molecule has 132 valence electrons. The van der Waals surface area contributed by atoms with Gasteiger partial charge in [-0.2, -0.15) is 0 Å². The average molecular weight is 340 g/mol. The van der Waals surface area contributed by atoms with E-state index in [4.69, 9.17) is 4.42 Å². The molecule has 0 atom stereocenters. The van der Waals surface area contributed by atoms with Gasteiger partial charge in [-0.3, -0.25) is 9.59 Å². The molecule has 0 bridgehead atoms. The summed E-state index contributed by atoms with van der Waals surface area (Å²) in [5.74, 6) is 0.367. The minimum Gasteiger partial charge on any atom is -0.459 e. The van der Waals surface area contributed by atoms with Crippen molar-refractivity contribution in [1.29, 1.82) is 0 Å². The maximum Gasteiger partial charge on any atom is 0.291 e. The first-order valence-corrected chi connectivity index (χ1v) is 8.84. The van der Waals surface area contributed by atoms with Crippen LogP contribution in [0.2, 0.25) is 0 Å². The van der Waals surface area contributed by atoms with Crippen LogP contribution in [-0.2, 0) is 0 Å². The molecule has 0 saturated heterocycles. The Kier molecular flexibility index (Phi) is 5.53. The van der Waals surface area contributed by atoms with Gasteiger partial charge in [-0.25, -0.2) is 0 Å². The molecule has 2 aromatic rings. The predicted molar refractivity (Wildman–Crippen MR) is 96.6 cm³/mol. The fourth-order valence-corrected chi connectivity index (χ4v) is 3.42. The van der Waals surface area contributed by atoms with Gasteiger partial charge in [0.15, 0.2) is 5.76 Å². The van der Waals surface area contributed by atoms with E-state index in [9.17, 15) is 9.59 Å². The molecule has 0 spiro atoms. The SMILES string of the molecule is CN(CC1CCCCC1)C(=O)c1ccccc1NC(=O)c1ccco1. The van der Waals surface area contributed by atoms with E-state index in [2.05, 4.69) is 5.32 Å². The smallest absolute Gasteiger partial charge is 0.291 e. The van der Waals surface area contributed by atoms with Gasteiger partial charge in [0, 0.05) is 13.6 Å². The van der Waals surface area contributed by atoms with Gasteiger partial charge in [0.2, 0.25) is 0 Å². The summed E-state index contributed by atoms with van der Waals surface area (Å²) < 4.78 is 5.11. The third-order valence-corrected chi connectivity index (χ3v) is 4.75. The molecule has 0 radical (unpaired) electrons. The fraction of sp³-hybridized carbons (Fsp3) is 0.400. The maximum atomic E-state index is 12.9. The van der Waals surface area contributed by atoms with Crippen molar-refractivity contribution in [2.24, 2.45) is 5.92 Å². The van der Waals surface area contributed by atoms with Gasteiger partial charge in [-0.1, -0.05) is 31.4 Å². The molecule has 1 saturated carbocycles. The molecular formula is C20H24N2O3. The van der Waals surface area contributed by atoms with Crippen LogP contribution in [0.3, 0.4) is 0 Å². The lowest BCUT2D eigenvalue weighted by atomic mass is 9.89. The molecule has 25 heavy (non-hydrogen) atoms. The Hall–Kier alpha value is -2.56. The molecule has 1 N–H and O–H groups in total. The highest BCUT2D eigenvalue weighted by Gasteiger charge is 2.21. The Morgan fingerprint density at radius 3 is 2.60 bits per heavy atom. The highest BCUT2D eigenvalue weighted by molar-refractivity contribution is 6.07. The van der Waals surface area contributed by atoms with Gasteiger partial charge in [-0.05, 0) is 43.0 Å². The Labute approximate surface area is 148 Å².